The first-order chi connectivity index (χ1) is 10.1. The van der Waals surface area contributed by atoms with Crippen LogP contribution in [-0.2, 0) is 6.54 Å². The summed E-state index contributed by atoms with van der Waals surface area (Å²) in [6.45, 7) is 3.44. The maximum Gasteiger partial charge on any atom is 0.272 e. The molecule has 0 unspecified atom stereocenters. The van der Waals surface area contributed by atoms with Crippen molar-refractivity contribution in [2.45, 2.75) is 13.5 Å². The molecule has 0 bridgehead atoms. The third-order valence-corrected chi connectivity index (χ3v) is 2.70. The van der Waals surface area contributed by atoms with Gasteiger partial charge in [0.1, 0.15) is 5.75 Å². The minimum Gasteiger partial charge on any atom is -0.453 e. The predicted molar refractivity (Wildman–Crippen MR) is 74.7 cm³/mol. The van der Waals surface area contributed by atoms with Crippen LogP contribution in [0.1, 0.15) is 12.5 Å². The van der Waals surface area contributed by atoms with E-state index in [1.165, 1.54) is 18.3 Å². The fraction of sp³-hybridized carbons (Fsp3) is 0.214. The molecule has 0 radical (unpaired) electrons. The number of aromatic nitrogens is 1. The van der Waals surface area contributed by atoms with E-state index >= 15 is 0 Å². The Morgan fingerprint density at radius 3 is 2.86 bits per heavy atom. The van der Waals surface area contributed by atoms with Crippen molar-refractivity contribution >= 4 is 5.69 Å². The second kappa shape index (κ2) is 6.76. The summed E-state index contributed by atoms with van der Waals surface area (Å²) in [6.07, 6.45) is 3.14. The molecule has 21 heavy (non-hydrogen) atoms. The maximum atomic E-state index is 13.7. The van der Waals surface area contributed by atoms with Crippen LogP contribution in [0, 0.1) is 15.9 Å². The van der Waals surface area contributed by atoms with Gasteiger partial charge in [-0.2, -0.15) is 0 Å². The van der Waals surface area contributed by atoms with Gasteiger partial charge in [0.15, 0.2) is 11.6 Å². The molecule has 2 rings (SSSR count). The molecule has 0 aliphatic heterocycles. The van der Waals surface area contributed by atoms with Crippen LogP contribution in [0.4, 0.5) is 10.1 Å². The number of ether oxygens (including phenoxy) is 1. The highest BCUT2D eigenvalue weighted by molar-refractivity contribution is 5.40. The van der Waals surface area contributed by atoms with Crippen LogP contribution >= 0.6 is 0 Å². The fourth-order valence-corrected chi connectivity index (χ4v) is 1.70. The molecule has 0 aliphatic carbocycles. The van der Waals surface area contributed by atoms with Crippen LogP contribution in [0.3, 0.4) is 0 Å². The largest absolute Gasteiger partial charge is 0.453 e. The number of hydrogen-bond donors (Lipinski definition) is 1. The summed E-state index contributed by atoms with van der Waals surface area (Å²) in [4.78, 5) is 13.9. The van der Waals surface area contributed by atoms with Gasteiger partial charge in [-0.3, -0.25) is 15.1 Å². The molecule has 6 nitrogen and oxygen atoms in total. The van der Waals surface area contributed by atoms with Crippen molar-refractivity contribution in [3.8, 4) is 11.5 Å². The average molecular weight is 291 g/mol. The number of benzene rings is 1. The summed E-state index contributed by atoms with van der Waals surface area (Å²) in [6, 6.07) is 4.97. The van der Waals surface area contributed by atoms with Gasteiger partial charge in [0.25, 0.3) is 5.69 Å². The molecule has 110 valence electrons. The topological polar surface area (TPSA) is 77.3 Å². The number of halogens is 1. The van der Waals surface area contributed by atoms with Crippen molar-refractivity contribution in [2.24, 2.45) is 0 Å². The van der Waals surface area contributed by atoms with Crippen LogP contribution in [0.15, 0.2) is 36.7 Å². The zero-order chi connectivity index (χ0) is 15.2. The third kappa shape index (κ3) is 3.96. The minimum absolute atomic E-state index is 0.0806. The normalized spacial score (nSPS) is 10.4. The molecule has 0 atom stereocenters. The Kier molecular flexibility index (Phi) is 4.78. The number of nitrogens with one attached hydrogen (secondary N) is 1. The lowest BCUT2D eigenvalue weighted by Gasteiger charge is -2.08. The number of nitro groups is 1. The van der Waals surface area contributed by atoms with Crippen LogP contribution < -0.4 is 10.1 Å². The average Bonchev–Trinajstić information content (AvgIpc) is 2.47. The first-order valence-corrected chi connectivity index (χ1v) is 6.36. The summed E-state index contributed by atoms with van der Waals surface area (Å²) >= 11 is 0. The van der Waals surface area contributed by atoms with E-state index in [0.29, 0.717) is 12.3 Å². The van der Waals surface area contributed by atoms with Crippen molar-refractivity contribution in [3.63, 3.8) is 0 Å². The Bertz CT molecular complexity index is 649. The first-order valence-electron chi connectivity index (χ1n) is 6.36. The van der Waals surface area contributed by atoms with E-state index in [1.54, 1.807) is 12.3 Å². The molecule has 1 aromatic heterocycles. The molecule has 0 fully saturated rings. The van der Waals surface area contributed by atoms with Crippen LogP contribution in [0.25, 0.3) is 0 Å². The van der Waals surface area contributed by atoms with Crippen molar-refractivity contribution in [1.29, 1.82) is 0 Å². The van der Waals surface area contributed by atoms with Gasteiger partial charge >= 0.3 is 0 Å². The standard InChI is InChI=1S/C14H14FN3O3/c1-2-16-7-10-5-12(9-17-8-10)21-14-4-3-11(18(19)20)6-13(14)15/h3-6,8-9,16H,2,7H2,1H3. The van der Waals surface area contributed by atoms with Crippen molar-refractivity contribution in [3.05, 3.63) is 58.2 Å². The molecule has 1 heterocycles. The molecule has 0 amide bonds. The van der Waals surface area contributed by atoms with E-state index in [-0.39, 0.29) is 11.4 Å². The number of rotatable bonds is 6. The maximum absolute atomic E-state index is 13.7. The minimum atomic E-state index is -0.790. The SMILES string of the molecule is CCNCc1cncc(Oc2ccc([N+](=O)[O-])cc2F)c1. The van der Waals surface area contributed by atoms with Crippen molar-refractivity contribution < 1.29 is 14.1 Å². The highest BCUT2D eigenvalue weighted by atomic mass is 19.1. The third-order valence-electron chi connectivity index (χ3n) is 2.70. The summed E-state index contributed by atoms with van der Waals surface area (Å²) in [5.74, 6) is -0.498. The van der Waals surface area contributed by atoms with E-state index in [1.807, 2.05) is 6.92 Å². The van der Waals surface area contributed by atoms with Gasteiger partial charge in [-0.05, 0) is 24.2 Å². The predicted octanol–water partition coefficient (Wildman–Crippen LogP) is 3.03. The van der Waals surface area contributed by atoms with E-state index < -0.39 is 10.7 Å². The molecule has 1 aromatic carbocycles. The van der Waals surface area contributed by atoms with E-state index in [2.05, 4.69) is 10.3 Å². The van der Waals surface area contributed by atoms with E-state index in [4.69, 9.17) is 4.74 Å². The fourth-order valence-electron chi connectivity index (χ4n) is 1.70. The molecular weight excluding hydrogens is 277 g/mol. The van der Waals surface area contributed by atoms with Crippen LogP contribution in [0.2, 0.25) is 0 Å². The molecule has 0 spiro atoms. The molecule has 1 N–H and O–H groups in total. The number of non-ortho nitro benzene ring substituents is 1. The summed E-state index contributed by atoms with van der Waals surface area (Å²) < 4.78 is 19.1. The zero-order valence-electron chi connectivity index (χ0n) is 11.4. The smallest absolute Gasteiger partial charge is 0.272 e. The summed E-state index contributed by atoms with van der Waals surface area (Å²) in [5, 5.41) is 13.7. The highest BCUT2D eigenvalue weighted by Crippen LogP contribution is 2.27. The lowest BCUT2D eigenvalue weighted by molar-refractivity contribution is -0.385. The molecule has 2 aromatic rings. The first kappa shape index (κ1) is 14.9. The van der Waals surface area contributed by atoms with Crippen LogP contribution in [0.5, 0.6) is 11.5 Å². The molecule has 0 saturated carbocycles. The van der Waals surface area contributed by atoms with Gasteiger partial charge in [-0.15, -0.1) is 0 Å². The van der Waals surface area contributed by atoms with Gasteiger partial charge in [0.05, 0.1) is 17.2 Å². The molecule has 0 saturated heterocycles. The van der Waals surface area contributed by atoms with Gasteiger partial charge in [-0.25, -0.2) is 4.39 Å². The Hall–Kier alpha value is -2.54. The van der Waals surface area contributed by atoms with Crippen LogP contribution in [-0.4, -0.2) is 16.5 Å². The second-order valence-corrected chi connectivity index (χ2v) is 4.28. The Balaban J connectivity index is 2.16. The second-order valence-electron chi connectivity index (χ2n) is 4.28. The van der Waals surface area contributed by atoms with Gasteiger partial charge in [-0.1, -0.05) is 6.92 Å². The number of pyridine rings is 1. The summed E-state index contributed by atoms with van der Waals surface area (Å²) in [5.41, 5.74) is 0.579. The lowest BCUT2D eigenvalue weighted by Crippen LogP contribution is -2.11. The molecule has 7 heteroatoms. The quantitative estimate of drug-likeness (QED) is 0.654. The lowest BCUT2D eigenvalue weighted by atomic mass is 10.2. The van der Waals surface area contributed by atoms with Crippen molar-refractivity contribution in [1.82, 2.24) is 10.3 Å². The van der Waals surface area contributed by atoms with Gasteiger partial charge in [0.2, 0.25) is 0 Å². The van der Waals surface area contributed by atoms with Gasteiger partial charge < -0.3 is 10.1 Å². The number of hydrogen-bond acceptors (Lipinski definition) is 5. The monoisotopic (exact) mass is 291 g/mol. The molecular formula is C14H14FN3O3. The van der Waals surface area contributed by atoms with Gasteiger partial charge in [0, 0.05) is 18.8 Å². The van der Waals surface area contributed by atoms with E-state index in [0.717, 1.165) is 18.2 Å². The van der Waals surface area contributed by atoms with E-state index in [9.17, 15) is 14.5 Å². The Labute approximate surface area is 120 Å². The zero-order valence-corrected chi connectivity index (χ0v) is 11.4. The number of nitro benzene ring substituents is 1. The summed E-state index contributed by atoms with van der Waals surface area (Å²) in [7, 11) is 0. The number of nitrogens with zero attached hydrogens (tertiary/aromatic N) is 2. The Morgan fingerprint density at radius 2 is 2.19 bits per heavy atom. The Morgan fingerprint density at radius 1 is 1.38 bits per heavy atom. The molecule has 0 aliphatic rings. The highest BCUT2D eigenvalue weighted by Gasteiger charge is 2.12. The van der Waals surface area contributed by atoms with Crippen molar-refractivity contribution in [2.75, 3.05) is 6.54 Å².